The van der Waals surface area contributed by atoms with Crippen molar-refractivity contribution in [2.24, 2.45) is 0 Å². The van der Waals surface area contributed by atoms with Gasteiger partial charge in [0.25, 0.3) is 10.0 Å². The van der Waals surface area contributed by atoms with Crippen molar-refractivity contribution in [1.82, 2.24) is 9.71 Å². The molecule has 7 heteroatoms. The van der Waals surface area contributed by atoms with Crippen LogP contribution in [0.3, 0.4) is 0 Å². The number of pyridine rings is 1. The molecule has 0 bridgehead atoms. The van der Waals surface area contributed by atoms with Crippen LogP contribution < -0.4 is 4.72 Å². The molecular formula is C12H18N2O4S. The summed E-state index contributed by atoms with van der Waals surface area (Å²) in [5, 5.41) is 8.88. The molecule has 1 heterocycles. The molecule has 0 amide bonds. The Bertz CT molecular complexity index is 515. The minimum atomic E-state index is -3.60. The van der Waals surface area contributed by atoms with Crippen molar-refractivity contribution in [3.8, 4) is 0 Å². The molecule has 0 aromatic carbocycles. The van der Waals surface area contributed by atoms with Gasteiger partial charge in [0.05, 0.1) is 12.7 Å². The number of aliphatic hydroxyl groups is 1. The van der Waals surface area contributed by atoms with Gasteiger partial charge in [0.1, 0.15) is 0 Å². The van der Waals surface area contributed by atoms with Crippen LogP contribution in [0.2, 0.25) is 0 Å². The molecular weight excluding hydrogens is 268 g/mol. The Balaban J connectivity index is 2.05. The van der Waals surface area contributed by atoms with Crippen molar-refractivity contribution < 1.29 is 18.3 Å². The Labute approximate surface area is 112 Å². The van der Waals surface area contributed by atoms with Crippen molar-refractivity contribution in [2.45, 2.75) is 43.0 Å². The monoisotopic (exact) mass is 286 g/mol. The maximum atomic E-state index is 12.1. The predicted molar refractivity (Wildman–Crippen MR) is 68.9 cm³/mol. The lowest BCUT2D eigenvalue weighted by atomic mass is 10.3. The van der Waals surface area contributed by atoms with Gasteiger partial charge in [-0.25, -0.2) is 18.1 Å². The van der Waals surface area contributed by atoms with Gasteiger partial charge in [0.2, 0.25) is 0 Å². The van der Waals surface area contributed by atoms with Gasteiger partial charge in [0.15, 0.2) is 5.03 Å². The van der Waals surface area contributed by atoms with Crippen LogP contribution in [-0.4, -0.2) is 37.8 Å². The molecule has 0 radical (unpaired) electrons. The Hall–Kier alpha value is -1.02. The van der Waals surface area contributed by atoms with Gasteiger partial charge < -0.3 is 9.84 Å². The fourth-order valence-electron chi connectivity index (χ4n) is 2.20. The van der Waals surface area contributed by atoms with Crippen LogP contribution in [0.1, 0.15) is 24.8 Å². The van der Waals surface area contributed by atoms with Gasteiger partial charge in [-0.2, -0.15) is 0 Å². The minimum Gasteiger partial charge on any atom is -0.392 e. The van der Waals surface area contributed by atoms with Gasteiger partial charge >= 0.3 is 0 Å². The molecule has 1 aliphatic carbocycles. The zero-order valence-electron chi connectivity index (χ0n) is 10.7. The average molecular weight is 286 g/mol. The summed E-state index contributed by atoms with van der Waals surface area (Å²) in [5.41, 5.74) is 0.583. The fourth-order valence-corrected chi connectivity index (χ4v) is 3.42. The first-order valence-electron chi connectivity index (χ1n) is 6.16. The Morgan fingerprint density at radius 3 is 2.79 bits per heavy atom. The molecule has 1 aromatic rings. The highest BCUT2D eigenvalue weighted by Gasteiger charge is 2.29. The Morgan fingerprint density at radius 2 is 2.26 bits per heavy atom. The van der Waals surface area contributed by atoms with Crippen LogP contribution in [0.4, 0.5) is 0 Å². The number of rotatable bonds is 5. The summed E-state index contributed by atoms with van der Waals surface area (Å²) in [6.45, 7) is -0.154. The molecule has 19 heavy (non-hydrogen) atoms. The maximum absolute atomic E-state index is 12.1. The molecule has 2 unspecified atom stereocenters. The molecule has 1 aromatic heterocycles. The highest BCUT2D eigenvalue weighted by Crippen LogP contribution is 2.22. The third-order valence-electron chi connectivity index (χ3n) is 3.30. The summed E-state index contributed by atoms with van der Waals surface area (Å²) >= 11 is 0. The lowest BCUT2D eigenvalue weighted by Crippen LogP contribution is -2.33. The largest absolute Gasteiger partial charge is 0.392 e. The van der Waals surface area contributed by atoms with Crippen LogP contribution in [0.25, 0.3) is 0 Å². The van der Waals surface area contributed by atoms with E-state index in [1.165, 1.54) is 12.3 Å². The van der Waals surface area contributed by atoms with E-state index in [0.717, 1.165) is 12.8 Å². The smallest absolute Gasteiger partial charge is 0.258 e. The SMILES string of the molecule is COC1CCC(NS(=O)(=O)c2ccc(CO)cn2)C1. The van der Waals surface area contributed by atoms with Crippen molar-refractivity contribution in [3.05, 3.63) is 23.9 Å². The highest BCUT2D eigenvalue weighted by atomic mass is 32.2. The molecule has 106 valence electrons. The molecule has 0 aliphatic heterocycles. The Kier molecular flexibility index (Phi) is 4.51. The third kappa shape index (κ3) is 3.50. The van der Waals surface area contributed by atoms with Gasteiger partial charge in [0, 0.05) is 19.3 Å². The highest BCUT2D eigenvalue weighted by molar-refractivity contribution is 7.89. The van der Waals surface area contributed by atoms with Crippen molar-refractivity contribution >= 4 is 10.0 Å². The molecule has 2 rings (SSSR count). The molecule has 1 aliphatic rings. The predicted octanol–water partition coefficient (Wildman–Crippen LogP) is 0.420. The topological polar surface area (TPSA) is 88.5 Å². The Morgan fingerprint density at radius 1 is 1.47 bits per heavy atom. The summed E-state index contributed by atoms with van der Waals surface area (Å²) in [4.78, 5) is 3.86. The normalized spacial score (nSPS) is 23.7. The number of hydrogen-bond acceptors (Lipinski definition) is 5. The van der Waals surface area contributed by atoms with Crippen molar-refractivity contribution in [2.75, 3.05) is 7.11 Å². The molecule has 0 saturated heterocycles. The first-order valence-corrected chi connectivity index (χ1v) is 7.64. The third-order valence-corrected chi connectivity index (χ3v) is 4.73. The number of nitrogens with zero attached hydrogens (tertiary/aromatic N) is 1. The van der Waals surface area contributed by atoms with Crippen LogP contribution in [-0.2, 0) is 21.4 Å². The van der Waals surface area contributed by atoms with Gasteiger partial charge in [-0.15, -0.1) is 0 Å². The quantitative estimate of drug-likeness (QED) is 0.819. The molecule has 2 N–H and O–H groups in total. The van der Waals surface area contributed by atoms with E-state index in [1.54, 1.807) is 13.2 Å². The number of methoxy groups -OCH3 is 1. The molecule has 1 fully saturated rings. The van der Waals surface area contributed by atoms with Crippen LogP contribution in [0.15, 0.2) is 23.4 Å². The molecule has 1 saturated carbocycles. The zero-order valence-corrected chi connectivity index (χ0v) is 11.6. The van der Waals surface area contributed by atoms with Crippen LogP contribution in [0.5, 0.6) is 0 Å². The second-order valence-corrected chi connectivity index (χ2v) is 6.31. The minimum absolute atomic E-state index is 0.0226. The van der Waals surface area contributed by atoms with Crippen molar-refractivity contribution in [1.29, 1.82) is 0 Å². The van der Waals surface area contributed by atoms with E-state index < -0.39 is 10.0 Å². The van der Waals surface area contributed by atoms with E-state index >= 15 is 0 Å². The summed E-state index contributed by atoms with van der Waals surface area (Å²) in [5.74, 6) is 0. The molecule has 0 spiro atoms. The van der Waals surface area contributed by atoms with E-state index in [9.17, 15) is 8.42 Å². The molecule has 6 nitrogen and oxygen atoms in total. The van der Waals surface area contributed by atoms with Crippen LogP contribution in [0, 0.1) is 0 Å². The van der Waals surface area contributed by atoms with Gasteiger partial charge in [-0.3, -0.25) is 0 Å². The second kappa shape index (κ2) is 5.96. The second-order valence-electron chi connectivity index (χ2n) is 4.65. The van der Waals surface area contributed by atoms with E-state index in [0.29, 0.717) is 12.0 Å². The van der Waals surface area contributed by atoms with E-state index in [2.05, 4.69) is 9.71 Å². The van der Waals surface area contributed by atoms with E-state index in [4.69, 9.17) is 9.84 Å². The number of aliphatic hydroxyl groups excluding tert-OH is 1. The standard InChI is InChI=1S/C12H18N2O4S/c1-18-11-4-3-10(6-11)14-19(16,17)12-5-2-9(8-15)7-13-12/h2,5,7,10-11,14-15H,3-4,6,8H2,1H3. The number of sulfonamides is 1. The van der Waals surface area contributed by atoms with Crippen molar-refractivity contribution in [3.63, 3.8) is 0 Å². The molecule has 2 atom stereocenters. The summed E-state index contributed by atoms with van der Waals surface area (Å²) in [6.07, 6.45) is 3.80. The van der Waals surface area contributed by atoms with Gasteiger partial charge in [-0.1, -0.05) is 6.07 Å². The number of hydrogen-bond donors (Lipinski definition) is 2. The summed E-state index contributed by atoms with van der Waals surface area (Å²) in [7, 11) is -1.96. The average Bonchev–Trinajstić information content (AvgIpc) is 2.85. The number of aromatic nitrogens is 1. The lowest BCUT2D eigenvalue weighted by Gasteiger charge is -2.13. The van der Waals surface area contributed by atoms with E-state index in [1.807, 2.05) is 0 Å². The first kappa shape index (κ1) is 14.4. The van der Waals surface area contributed by atoms with Crippen LogP contribution >= 0.6 is 0 Å². The zero-order chi connectivity index (χ0) is 13.9. The lowest BCUT2D eigenvalue weighted by molar-refractivity contribution is 0.107. The summed E-state index contributed by atoms with van der Waals surface area (Å²) < 4.78 is 32.1. The van der Waals surface area contributed by atoms with Gasteiger partial charge in [-0.05, 0) is 30.9 Å². The van der Waals surface area contributed by atoms with E-state index in [-0.39, 0.29) is 23.8 Å². The first-order chi connectivity index (χ1) is 9.05. The number of nitrogens with one attached hydrogen (secondary N) is 1. The summed E-state index contributed by atoms with van der Waals surface area (Å²) in [6, 6.07) is 2.85. The maximum Gasteiger partial charge on any atom is 0.258 e. The number of ether oxygens (including phenoxy) is 1. The fraction of sp³-hybridized carbons (Fsp3) is 0.583.